The molecule has 2 atom stereocenters. The van der Waals surface area contributed by atoms with E-state index in [9.17, 15) is 19.3 Å². The molecule has 0 saturated carbocycles. The Balaban J connectivity index is 1.76. The maximum Gasteiger partial charge on any atom is 0.318 e. The van der Waals surface area contributed by atoms with E-state index in [0.29, 0.717) is 29.9 Å². The average Bonchev–Trinajstić information content (AvgIpc) is 2.88. The van der Waals surface area contributed by atoms with Crippen molar-refractivity contribution in [3.05, 3.63) is 69.5 Å². The van der Waals surface area contributed by atoms with Crippen molar-refractivity contribution in [1.29, 1.82) is 0 Å². The van der Waals surface area contributed by atoms with Gasteiger partial charge >= 0.3 is 6.03 Å². The van der Waals surface area contributed by atoms with Crippen LogP contribution >= 0.6 is 0 Å². The number of amides is 2. The first-order valence-electron chi connectivity index (χ1n) is 9.06. The molecule has 0 spiro atoms. The minimum atomic E-state index is -0.465. The van der Waals surface area contributed by atoms with Crippen LogP contribution in [0.2, 0.25) is 0 Å². The Morgan fingerprint density at radius 3 is 2.89 bits per heavy atom. The summed E-state index contributed by atoms with van der Waals surface area (Å²) in [4.78, 5) is 24.8. The summed E-state index contributed by atoms with van der Waals surface area (Å²) < 4.78 is 19.3. The van der Waals surface area contributed by atoms with Gasteiger partial charge in [0, 0.05) is 24.7 Å². The molecule has 3 rings (SSSR count). The van der Waals surface area contributed by atoms with Crippen molar-refractivity contribution >= 4 is 11.7 Å². The number of carbonyl (C=O) groups excluding carboxylic acids is 1. The Morgan fingerprint density at radius 2 is 2.14 bits per heavy atom. The first kappa shape index (κ1) is 19.6. The number of nitrogens with zero attached hydrogens (tertiary/aromatic N) is 2. The summed E-state index contributed by atoms with van der Waals surface area (Å²) in [5, 5.41) is 13.9. The third-order valence-corrected chi connectivity index (χ3v) is 5.00. The highest BCUT2D eigenvalue weighted by molar-refractivity contribution is 5.75. The van der Waals surface area contributed by atoms with Crippen LogP contribution in [-0.4, -0.2) is 29.5 Å². The lowest BCUT2D eigenvalue weighted by Gasteiger charge is -2.28. The quantitative estimate of drug-likeness (QED) is 0.624. The van der Waals surface area contributed by atoms with Crippen LogP contribution in [0.4, 0.5) is 14.9 Å². The summed E-state index contributed by atoms with van der Waals surface area (Å²) in [5.41, 5.74) is 1.24. The molecule has 1 N–H and O–H groups in total. The first-order valence-corrected chi connectivity index (χ1v) is 9.06. The molecular weight excluding hydrogens is 365 g/mol. The standard InChI is InChI=1S/C20H22FN3O4/c1-13(14-5-3-6-16(11-14)24(26)27)23(2)20(25)22-18-7-4-10-28-19-9-8-15(21)12-17(18)19/h3,5-6,8-9,11-13,18H,4,7,10H2,1-2H3,(H,22,25)/t13-,18+/m0/s1. The fraction of sp³-hybridized carbons (Fsp3) is 0.350. The monoisotopic (exact) mass is 387 g/mol. The number of hydrogen-bond donors (Lipinski definition) is 1. The van der Waals surface area contributed by atoms with E-state index >= 15 is 0 Å². The number of hydrogen-bond acceptors (Lipinski definition) is 4. The van der Waals surface area contributed by atoms with Gasteiger partial charge in [0.1, 0.15) is 11.6 Å². The molecule has 0 aliphatic carbocycles. The molecule has 1 aliphatic rings. The maximum absolute atomic E-state index is 13.7. The van der Waals surface area contributed by atoms with Gasteiger partial charge < -0.3 is 15.0 Å². The van der Waals surface area contributed by atoms with E-state index in [0.717, 1.165) is 6.42 Å². The maximum atomic E-state index is 13.7. The number of non-ortho nitro benzene ring substituents is 1. The minimum Gasteiger partial charge on any atom is -0.493 e. The van der Waals surface area contributed by atoms with Crippen molar-refractivity contribution < 1.29 is 18.8 Å². The van der Waals surface area contributed by atoms with E-state index in [1.165, 1.54) is 29.2 Å². The van der Waals surface area contributed by atoms with Crippen LogP contribution in [0.5, 0.6) is 5.75 Å². The summed E-state index contributed by atoms with van der Waals surface area (Å²) in [5.74, 6) is 0.181. The zero-order valence-corrected chi connectivity index (χ0v) is 15.7. The van der Waals surface area contributed by atoms with Gasteiger partial charge in [-0.25, -0.2) is 9.18 Å². The second kappa shape index (κ2) is 8.24. The third-order valence-electron chi connectivity index (χ3n) is 5.00. The molecule has 8 heteroatoms. The topological polar surface area (TPSA) is 84.7 Å². The number of rotatable bonds is 4. The zero-order chi connectivity index (χ0) is 20.3. The number of nitrogens with one attached hydrogen (secondary N) is 1. The molecule has 0 aromatic heterocycles. The highest BCUT2D eigenvalue weighted by atomic mass is 19.1. The van der Waals surface area contributed by atoms with Crippen molar-refractivity contribution in [2.45, 2.75) is 31.8 Å². The summed E-state index contributed by atoms with van der Waals surface area (Å²) in [6.45, 7) is 2.30. The van der Waals surface area contributed by atoms with Gasteiger partial charge in [0.05, 0.1) is 23.6 Å². The van der Waals surface area contributed by atoms with E-state index in [1.807, 2.05) is 0 Å². The Kier molecular flexibility index (Phi) is 5.77. The fourth-order valence-corrected chi connectivity index (χ4v) is 3.25. The molecule has 0 radical (unpaired) electrons. The SMILES string of the molecule is C[C@@H](c1cccc([N+](=O)[O-])c1)N(C)C(=O)N[C@@H]1CCCOc2ccc(F)cc21. The van der Waals surface area contributed by atoms with Crippen LogP contribution in [0.15, 0.2) is 42.5 Å². The second-order valence-electron chi connectivity index (χ2n) is 6.81. The second-order valence-corrected chi connectivity index (χ2v) is 6.81. The minimum absolute atomic E-state index is 0.0246. The summed E-state index contributed by atoms with van der Waals surface area (Å²) in [6, 6.07) is 9.39. The Morgan fingerprint density at radius 1 is 1.36 bits per heavy atom. The van der Waals surface area contributed by atoms with Crippen LogP contribution < -0.4 is 10.1 Å². The van der Waals surface area contributed by atoms with Gasteiger partial charge in [0.25, 0.3) is 5.69 Å². The Labute approximate surface area is 162 Å². The van der Waals surface area contributed by atoms with E-state index in [2.05, 4.69) is 5.32 Å². The van der Waals surface area contributed by atoms with E-state index in [4.69, 9.17) is 4.74 Å². The molecule has 28 heavy (non-hydrogen) atoms. The van der Waals surface area contributed by atoms with Gasteiger partial charge in [-0.05, 0) is 43.5 Å². The molecule has 2 amide bonds. The lowest BCUT2D eigenvalue weighted by atomic mass is 10.0. The molecule has 0 bridgehead atoms. The molecule has 148 valence electrons. The number of carbonyl (C=O) groups is 1. The van der Waals surface area contributed by atoms with Crippen molar-refractivity contribution in [1.82, 2.24) is 10.2 Å². The number of fused-ring (bicyclic) bond motifs is 1. The van der Waals surface area contributed by atoms with Gasteiger partial charge in [-0.2, -0.15) is 0 Å². The highest BCUT2D eigenvalue weighted by Crippen LogP contribution is 2.32. The average molecular weight is 387 g/mol. The molecule has 1 aliphatic heterocycles. The molecule has 0 unspecified atom stereocenters. The lowest BCUT2D eigenvalue weighted by molar-refractivity contribution is -0.384. The smallest absolute Gasteiger partial charge is 0.318 e. The zero-order valence-electron chi connectivity index (χ0n) is 15.7. The van der Waals surface area contributed by atoms with E-state index in [1.54, 1.807) is 32.2 Å². The number of urea groups is 1. The van der Waals surface area contributed by atoms with Crippen LogP contribution in [0, 0.1) is 15.9 Å². The molecule has 0 fully saturated rings. The summed E-state index contributed by atoms with van der Waals surface area (Å²) >= 11 is 0. The van der Waals surface area contributed by atoms with Crippen molar-refractivity contribution in [3.8, 4) is 5.75 Å². The van der Waals surface area contributed by atoms with Gasteiger partial charge in [-0.3, -0.25) is 10.1 Å². The normalized spacial score (nSPS) is 16.9. The number of nitro benzene ring substituents is 1. The van der Waals surface area contributed by atoms with Crippen molar-refractivity contribution in [2.24, 2.45) is 0 Å². The first-order chi connectivity index (χ1) is 13.4. The molecular formula is C20H22FN3O4. The molecule has 7 nitrogen and oxygen atoms in total. The summed E-state index contributed by atoms with van der Waals surface area (Å²) in [7, 11) is 1.62. The predicted octanol–water partition coefficient (Wildman–Crippen LogP) is 4.35. The number of nitro groups is 1. The third kappa shape index (κ3) is 4.21. The van der Waals surface area contributed by atoms with Crippen LogP contribution in [0.1, 0.15) is 43.0 Å². The molecule has 1 heterocycles. The molecule has 0 saturated heterocycles. The lowest BCUT2D eigenvalue weighted by Crippen LogP contribution is -2.40. The van der Waals surface area contributed by atoms with Gasteiger partial charge in [-0.15, -0.1) is 0 Å². The molecule has 2 aromatic carbocycles. The van der Waals surface area contributed by atoms with Crippen LogP contribution in [0.3, 0.4) is 0 Å². The largest absolute Gasteiger partial charge is 0.493 e. The highest BCUT2D eigenvalue weighted by Gasteiger charge is 2.25. The van der Waals surface area contributed by atoms with Gasteiger partial charge in [0.15, 0.2) is 0 Å². The van der Waals surface area contributed by atoms with E-state index < -0.39 is 4.92 Å². The number of benzene rings is 2. The van der Waals surface area contributed by atoms with Gasteiger partial charge in [-0.1, -0.05) is 12.1 Å². The van der Waals surface area contributed by atoms with Crippen molar-refractivity contribution in [3.63, 3.8) is 0 Å². The van der Waals surface area contributed by atoms with Gasteiger partial charge in [0.2, 0.25) is 0 Å². The summed E-state index contributed by atoms with van der Waals surface area (Å²) in [6.07, 6.45) is 1.35. The predicted molar refractivity (Wildman–Crippen MR) is 102 cm³/mol. The fourth-order valence-electron chi connectivity index (χ4n) is 3.25. The van der Waals surface area contributed by atoms with Crippen LogP contribution in [-0.2, 0) is 0 Å². The Hall–Kier alpha value is -3.16. The van der Waals surface area contributed by atoms with Crippen molar-refractivity contribution in [2.75, 3.05) is 13.7 Å². The Bertz CT molecular complexity index is 890. The van der Waals surface area contributed by atoms with Crippen LogP contribution in [0.25, 0.3) is 0 Å². The molecule has 2 aromatic rings. The number of ether oxygens (including phenoxy) is 1. The number of halogens is 1. The van der Waals surface area contributed by atoms with E-state index in [-0.39, 0.29) is 29.6 Å².